The van der Waals surface area contributed by atoms with Crippen LogP contribution in [0.5, 0.6) is 0 Å². The number of hydrogen-bond acceptors (Lipinski definition) is 2. The number of aryl methyl sites for hydroxylation is 1. The lowest BCUT2D eigenvalue weighted by molar-refractivity contribution is -0.134. The molecule has 0 heterocycles. The second-order valence-electron chi connectivity index (χ2n) is 4.85. The number of amides is 2. The summed E-state index contributed by atoms with van der Waals surface area (Å²) in [5.41, 5.74) is 0.860. The number of benzene rings is 1. The first-order chi connectivity index (χ1) is 9.10. The van der Waals surface area contributed by atoms with E-state index < -0.39 is 5.41 Å². The van der Waals surface area contributed by atoms with Gasteiger partial charge in [0.2, 0.25) is 11.8 Å². The van der Waals surface area contributed by atoms with Crippen molar-refractivity contribution in [3.8, 4) is 0 Å². The zero-order valence-electron chi connectivity index (χ0n) is 11.0. The van der Waals surface area contributed by atoms with E-state index in [1.54, 1.807) is 6.08 Å². The molecule has 1 aromatic rings. The van der Waals surface area contributed by atoms with Crippen LogP contribution in [0.4, 0.5) is 5.69 Å². The molecule has 1 aliphatic carbocycles. The van der Waals surface area contributed by atoms with Crippen molar-refractivity contribution < 1.29 is 9.59 Å². The van der Waals surface area contributed by atoms with E-state index in [2.05, 4.69) is 17.2 Å². The van der Waals surface area contributed by atoms with Crippen molar-refractivity contribution in [1.82, 2.24) is 5.32 Å². The van der Waals surface area contributed by atoms with Crippen molar-refractivity contribution in [1.29, 1.82) is 0 Å². The molecule has 1 aromatic carbocycles. The number of hydrogen-bond donors (Lipinski definition) is 2. The van der Waals surface area contributed by atoms with Crippen molar-refractivity contribution in [2.75, 3.05) is 11.9 Å². The fraction of sp³-hybridized carbons (Fsp3) is 0.333. The van der Waals surface area contributed by atoms with Crippen LogP contribution in [0.15, 0.2) is 36.9 Å². The third-order valence-electron chi connectivity index (χ3n) is 3.42. The van der Waals surface area contributed by atoms with Crippen LogP contribution in [0.25, 0.3) is 0 Å². The number of nitrogens with one attached hydrogen (secondary N) is 2. The lowest BCUT2D eigenvalue weighted by atomic mass is 10.0. The van der Waals surface area contributed by atoms with Crippen molar-refractivity contribution in [3.63, 3.8) is 0 Å². The minimum absolute atomic E-state index is 0.210. The molecule has 0 saturated heterocycles. The summed E-state index contributed by atoms with van der Waals surface area (Å²) in [6, 6.07) is 7.53. The molecule has 2 rings (SSSR count). The summed E-state index contributed by atoms with van der Waals surface area (Å²) in [6.07, 6.45) is 2.81. The average Bonchev–Trinajstić information content (AvgIpc) is 3.20. The van der Waals surface area contributed by atoms with Crippen molar-refractivity contribution >= 4 is 17.5 Å². The molecule has 100 valence electrons. The van der Waals surface area contributed by atoms with E-state index in [9.17, 15) is 9.59 Å². The van der Waals surface area contributed by atoms with Gasteiger partial charge in [0, 0.05) is 12.2 Å². The van der Waals surface area contributed by atoms with E-state index in [1.165, 1.54) is 0 Å². The fourth-order valence-corrected chi connectivity index (χ4v) is 1.97. The fourth-order valence-electron chi connectivity index (χ4n) is 1.97. The van der Waals surface area contributed by atoms with Gasteiger partial charge in [0.25, 0.3) is 0 Å². The quantitative estimate of drug-likeness (QED) is 0.627. The van der Waals surface area contributed by atoms with E-state index >= 15 is 0 Å². The molecule has 0 bridgehead atoms. The molecule has 4 heteroatoms. The molecule has 19 heavy (non-hydrogen) atoms. The number of para-hydroxylation sites is 1. The van der Waals surface area contributed by atoms with E-state index in [0.717, 1.165) is 11.3 Å². The second-order valence-corrected chi connectivity index (χ2v) is 4.85. The van der Waals surface area contributed by atoms with Crippen LogP contribution in [-0.4, -0.2) is 18.4 Å². The van der Waals surface area contributed by atoms with Crippen LogP contribution in [0, 0.1) is 12.3 Å². The molecule has 1 aliphatic rings. The Balaban J connectivity index is 2.06. The zero-order chi connectivity index (χ0) is 13.9. The predicted molar refractivity (Wildman–Crippen MR) is 74.7 cm³/mol. The third kappa shape index (κ3) is 2.67. The van der Waals surface area contributed by atoms with Gasteiger partial charge in [-0.05, 0) is 31.4 Å². The Morgan fingerprint density at radius 2 is 2.00 bits per heavy atom. The summed E-state index contributed by atoms with van der Waals surface area (Å²) in [7, 11) is 0. The van der Waals surface area contributed by atoms with Gasteiger partial charge in [0.05, 0.1) is 0 Å². The minimum atomic E-state index is -0.884. The Bertz CT molecular complexity index is 519. The van der Waals surface area contributed by atoms with Gasteiger partial charge in [0.15, 0.2) is 0 Å². The van der Waals surface area contributed by atoms with Gasteiger partial charge in [-0.3, -0.25) is 9.59 Å². The number of rotatable bonds is 5. The average molecular weight is 258 g/mol. The Morgan fingerprint density at radius 3 is 2.58 bits per heavy atom. The van der Waals surface area contributed by atoms with Crippen LogP contribution in [-0.2, 0) is 9.59 Å². The molecule has 0 unspecified atom stereocenters. The molecule has 0 aliphatic heterocycles. The van der Waals surface area contributed by atoms with Crippen molar-refractivity contribution in [3.05, 3.63) is 42.5 Å². The van der Waals surface area contributed by atoms with Crippen LogP contribution in [0.2, 0.25) is 0 Å². The van der Waals surface area contributed by atoms with Gasteiger partial charge in [-0.25, -0.2) is 0 Å². The van der Waals surface area contributed by atoms with Gasteiger partial charge in [-0.2, -0.15) is 0 Å². The van der Waals surface area contributed by atoms with E-state index in [-0.39, 0.29) is 11.8 Å². The normalized spacial score (nSPS) is 15.4. The topological polar surface area (TPSA) is 58.2 Å². The molecule has 1 saturated carbocycles. The molecule has 4 nitrogen and oxygen atoms in total. The van der Waals surface area contributed by atoms with E-state index in [1.807, 2.05) is 31.2 Å². The molecular formula is C15H18N2O2. The second kappa shape index (κ2) is 5.26. The highest BCUT2D eigenvalue weighted by molar-refractivity contribution is 6.13. The highest BCUT2D eigenvalue weighted by atomic mass is 16.2. The Labute approximate surface area is 112 Å². The molecule has 0 aromatic heterocycles. The highest BCUT2D eigenvalue weighted by Gasteiger charge is 2.56. The summed E-state index contributed by atoms with van der Waals surface area (Å²) < 4.78 is 0. The van der Waals surface area contributed by atoms with Gasteiger partial charge >= 0.3 is 0 Å². The summed E-state index contributed by atoms with van der Waals surface area (Å²) >= 11 is 0. The van der Waals surface area contributed by atoms with Crippen LogP contribution in [0.3, 0.4) is 0 Å². The molecule has 1 fully saturated rings. The lowest BCUT2D eigenvalue weighted by Crippen LogP contribution is -2.40. The Morgan fingerprint density at radius 1 is 1.32 bits per heavy atom. The Hall–Kier alpha value is -2.10. The number of carbonyl (C=O) groups excluding carboxylic acids is 2. The number of carbonyl (C=O) groups is 2. The SMILES string of the molecule is C=CCNC(=O)C1(C(=O)Nc2ccccc2C)CC1. The first-order valence-electron chi connectivity index (χ1n) is 6.36. The molecule has 0 spiro atoms. The number of anilines is 1. The monoisotopic (exact) mass is 258 g/mol. The van der Waals surface area contributed by atoms with E-state index in [4.69, 9.17) is 0 Å². The third-order valence-corrected chi connectivity index (χ3v) is 3.42. The summed E-state index contributed by atoms with van der Waals surface area (Å²) in [5.74, 6) is -0.429. The van der Waals surface area contributed by atoms with Gasteiger partial charge < -0.3 is 10.6 Å². The molecule has 0 radical (unpaired) electrons. The van der Waals surface area contributed by atoms with E-state index in [0.29, 0.717) is 19.4 Å². The first kappa shape index (κ1) is 13.3. The van der Waals surface area contributed by atoms with Crippen LogP contribution < -0.4 is 10.6 Å². The maximum Gasteiger partial charge on any atom is 0.240 e. The van der Waals surface area contributed by atoms with Crippen LogP contribution in [0.1, 0.15) is 18.4 Å². The minimum Gasteiger partial charge on any atom is -0.352 e. The zero-order valence-corrected chi connectivity index (χ0v) is 11.0. The molecule has 2 N–H and O–H groups in total. The predicted octanol–water partition coefficient (Wildman–Crippen LogP) is 2.02. The van der Waals surface area contributed by atoms with Gasteiger partial charge in [-0.1, -0.05) is 24.3 Å². The molecule has 0 atom stereocenters. The maximum atomic E-state index is 12.3. The van der Waals surface area contributed by atoms with Gasteiger partial charge in [-0.15, -0.1) is 6.58 Å². The summed E-state index contributed by atoms with van der Waals surface area (Å²) in [5, 5.41) is 5.54. The van der Waals surface area contributed by atoms with Crippen molar-refractivity contribution in [2.45, 2.75) is 19.8 Å². The summed E-state index contributed by atoms with van der Waals surface area (Å²) in [4.78, 5) is 24.2. The standard InChI is InChI=1S/C15H18N2O2/c1-3-10-16-13(18)15(8-9-15)14(19)17-12-7-5-4-6-11(12)2/h3-7H,1,8-10H2,2H3,(H,16,18)(H,17,19). The smallest absolute Gasteiger partial charge is 0.240 e. The Kier molecular flexibility index (Phi) is 3.69. The largest absolute Gasteiger partial charge is 0.352 e. The van der Waals surface area contributed by atoms with Crippen molar-refractivity contribution in [2.24, 2.45) is 5.41 Å². The van der Waals surface area contributed by atoms with Gasteiger partial charge in [0.1, 0.15) is 5.41 Å². The lowest BCUT2D eigenvalue weighted by Gasteiger charge is -2.15. The molecular weight excluding hydrogens is 240 g/mol. The van der Waals surface area contributed by atoms with Crippen LogP contribution >= 0.6 is 0 Å². The first-order valence-corrected chi connectivity index (χ1v) is 6.36. The maximum absolute atomic E-state index is 12.3. The molecule has 2 amide bonds. The summed E-state index contributed by atoms with van der Waals surface area (Å²) in [6.45, 7) is 5.85. The highest BCUT2D eigenvalue weighted by Crippen LogP contribution is 2.46.